The fourth-order valence-corrected chi connectivity index (χ4v) is 2.52. The third-order valence-electron chi connectivity index (χ3n) is 3.65. The van der Waals surface area contributed by atoms with Crippen LogP contribution in [0.5, 0.6) is 0 Å². The standard InChI is InChI=1S/C16H19N5/c1-11-6-4-5-7-13(11)8-21-10-15(17)16(19-21)14-9-20(3)18-12(14)2/h4-7,9-10H,8,17H2,1-3H3. The second-order valence-corrected chi connectivity index (χ2v) is 5.36. The Balaban J connectivity index is 1.95. The molecule has 3 rings (SSSR count). The van der Waals surface area contributed by atoms with Crippen molar-refractivity contribution in [3.05, 3.63) is 53.5 Å². The van der Waals surface area contributed by atoms with E-state index in [-0.39, 0.29) is 0 Å². The summed E-state index contributed by atoms with van der Waals surface area (Å²) in [6, 6.07) is 8.30. The molecule has 2 N–H and O–H groups in total. The van der Waals surface area contributed by atoms with Crippen molar-refractivity contribution in [2.24, 2.45) is 7.05 Å². The van der Waals surface area contributed by atoms with Gasteiger partial charge in [0.15, 0.2) is 0 Å². The second kappa shape index (κ2) is 5.09. The molecule has 0 spiro atoms. The summed E-state index contributed by atoms with van der Waals surface area (Å²) in [5, 5.41) is 8.98. The topological polar surface area (TPSA) is 61.7 Å². The average molecular weight is 281 g/mol. The molecule has 0 saturated heterocycles. The maximum atomic E-state index is 6.12. The minimum absolute atomic E-state index is 0.680. The van der Waals surface area contributed by atoms with Crippen molar-refractivity contribution in [1.29, 1.82) is 0 Å². The van der Waals surface area contributed by atoms with E-state index in [4.69, 9.17) is 5.73 Å². The Hall–Kier alpha value is -2.56. The van der Waals surface area contributed by atoms with Gasteiger partial charge in [0, 0.05) is 25.0 Å². The lowest BCUT2D eigenvalue weighted by atomic mass is 10.1. The van der Waals surface area contributed by atoms with E-state index < -0.39 is 0 Å². The highest BCUT2D eigenvalue weighted by Crippen LogP contribution is 2.26. The lowest BCUT2D eigenvalue weighted by molar-refractivity contribution is 0.686. The summed E-state index contributed by atoms with van der Waals surface area (Å²) in [6.45, 7) is 4.79. The molecule has 5 heteroatoms. The molecule has 1 aromatic carbocycles. The summed E-state index contributed by atoms with van der Waals surface area (Å²) < 4.78 is 3.67. The van der Waals surface area contributed by atoms with Crippen LogP contribution in [-0.2, 0) is 13.6 Å². The molecule has 0 unspecified atom stereocenters. The predicted octanol–water partition coefficient (Wildman–Crippen LogP) is 2.53. The van der Waals surface area contributed by atoms with Crippen LogP contribution >= 0.6 is 0 Å². The maximum absolute atomic E-state index is 6.12. The van der Waals surface area contributed by atoms with E-state index in [0.29, 0.717) is 5.69 Å². The summed E-state index contributed by atoms with van der Waals surface area (Å²) in [6.07, 6.45) is 3.83. The predicted molar refractivity (Wildman–Crippen MR) is 83.9 cm³/mol. The molecule has 0 bridgehead atoms. The number of aryl methyl sites for hydroxylation is 3. The van der Waals surface area contributed by atoms with Crippen LogP contribution in [0.3, 0.4) is 0 Å². The first kappa shape index (κ1) is 13.4. The van der Waals surface area contributed by atoms with Crippen molar-refractivity contribution in [2.45, 2.75) is 20.4 Å². The van der Waals surface area contributed by atoms with E-state index in [2.05, 4.69) is 29.3 Å². The monoisotopic (exact) mass is 281 g/mol. The largest absolute Gasteiger partial charge is 0.396 e. The molecule has 108 valence electrons. The number of aromatic nitrogens is 4. The third kappa shape index (κ3) is 2.54. The Kier molecular flexibility index (Phi) is 3.25. The second-order valence-electron chi connectivity index (χ2n) is 5.36. The van der Waals surface area contributed by atoms with Gasteiger partial charge in [-0.2, -0.15) is 10.2 Å². The molecule has 0 radical (unpaired) electrons. The van der Waals surface area contributed by atoms with Gasteiger partial charge in [-0.1, -0.05) is 24.3 Å². The van der Waals surface area contributed by atoms with Crippen LogP contribution in [0.25, 0.3) is 11.3 Å². The van der Waals surface area contributed by atoms with Crippen LogP contribution in [0.2, 0.25) is 0 Å². The molecule has 21 heavy (non-hydrogen) atoms. The number of nitrogens with zero attached hydrogens (tertiary/aromatic N) is 4. The van der Waals surface area contributed by atoms with Crippen LogP contribution in [0, 0.1) is 13.8 Å². The van der Waals surface area contributed by atoms with Gasteiger partial charge < -0.3 is 5.73 Å². The number of benzene rings is 1. The van der Waals surface area contributed by atoms with Crippen molar-refractivity contribution in [2.75, 3.05) is 5.73 Å². The fourth-order valence-electron chi connectivity index (χ4n) is 2.52. The van der Waals surface area contributed by atoms with Crippen molar-refractivity contribution < 1.29 is 0 Å². The Bertz CT molecular complexity index is 782. The molecular formula is C16H19N5. The molecule has 0 aliphatic rings. The van der Waals surface area contributed by atoms with Crippen molar-refractivity contribution in [3.63, 3.8) is 0 Å². The number of nitrogens with two attached hydrogens (primary N) is 1. The molecular weight excluding hydrogens is 262 g/mol. The molecule has 2 aromatic heterocycles. The summed E-state index contributed by atoms with van der Waals surface area (Å²) in [5.74, 6) is 0. The molecule has 0 aliphatic heterocycles. The van der Waals surface area contributed by atoms with Gasteiger partial charge in [-0.05, 0) is 25.0 Å². The van der Waals surface area contributed by atoms with Gasteiger partial charge in [-0.15, -0.1) is 0 Å². The van der Waals surface area contributed by atoms with E-state index in [1.807, 2.05) is 43.2 Å². The van der Waals surface area contributed by atoms with Crippen LogP contribution in [0.15, 0.2) is 36.7 Å². The van der Waals surface area contributed by atoms with Crippen molar-refractivity contribution in [3.8, 4) is 11.3 Å². The van der Waals surface area contributed by atoms with Gasteiger partial charge in [-0.25, -0.2) is 0 Å². The Labute approximate surface area is 124 Å². The minimum Gasteiger partial charge on any atom is -0.396 e. The number of hydrogen-bond acceptors (Lipinski definition) is 3. The SMILES string of the molecule is Cc1ccccc1Cn1cc(N)c(-c2cn(C)nc2C)n1. The molecule has 0 fully saturated rings. The van der Waals surface area contributed by atoms with E-state index in [1.165, 1.54) is 11.1 Å². The lowest BCUT2D eigenvalue weighted by Crippen LogP contribution is -2.02. The fraction of sp³-hybridized carbons (Fsp3) is 0.250. The van der Waals surface area contributed by atoms with Crippen LogP contribution < -0.4 is 5.73 Å². The molecule has 0 amide bonds. The van der Waals surface area contributed by atoms with Crippen LogP contribution in [-0.4, -0.2) is 19.6 Å². The highest BCUT2D eigenvalue weighted by Gasteiger charge is 2.14. The third-order valence-corrected chi connectivity index (χ3v) is 3.65. The number of rotatable bonds is 3. The first-order valence-electron chi connectivity index (χ1n) is 6.92. The number of nitrogen functional groups attached to an aromatic ring is 1. The highest BCUT2D eigenvalue weighted by atomic mass is 15.3. The molecule has 0 atom stereocenters. The van der Waals surface area contributed by atoms with E-state index in [1.54, 1.807) is 4.68 Å². The first-order valence-corrected chi connectivity index (χ1v) is 6.92. The molecule has 2 heterocycles. The Morgan fingerprint density at radius 2 is 1.86 bits per heavy atom. The highest BCUT2D eigenvalue weighted by molar-refractivity contribution is 5.73. The molecule has 0 saturated carbocycles. The van der Waals surface area contributed by atoms with E-state index >= 15 is 0 Å². The molecule has 0 aliphatic carbocycles. The van der Waals surface area contributed by atoms with Gasteiger partial charge in [0.25, 0.3) is 0 Å². The molecule has 5 nitrogen and oxygen atoms in total. The number of hydrogen-bond donors (Lipinski definition) is 1. The summed E-state index contributed by atoms with van der Waals surface area (Å²) in [4.78, 5) is 0. The Morgan fingerprint density at radius 1 is 1.10 bits per heavy atom. The van der Waals surface area contributed by atoms with Gasteiger partial charge in [0.1, 0.15) is 5.69 Å². The quantitative estimate of drug-likeness (QED) is 0.802. The summed E-state index contributed by atoms with van der Waals surface area (Å²) in [7, 11) is 1.90. The molecule has 3 aromatic rings. The summed E-state index contributed by atoms with van der Waals surface area (Å²) in [5.41, 5.74) is 12.0. The van der Waals surface area contributed by atoms with Crippen molar-refractivity contribution in [1.82, 2.24) is 19.6 Å². The van der Waals surface area contributed by atoms with Gasteiger partial charge in [0.2, 0.25) is 0 Å². The summed E-state index contributed by atoms with van der Waals surface area (Å²) >= 11 is 0. The van der Waals surface area contributed by atoms with E-state index in [0.717, 1.165) is 23.5 Å². The van der Waals surface area contributed by atoms with Crippen LogP contribution in [0.4, 0.5) is 5.69 Å². The lowest BCUT2D eigenvalue weighted by Gasteiger charge is -2.05. The van der Waals surface area contributed by atoms with Crippen LogP contribution in [0.1, 0.15) is 16.8 Å². The normalized spacial score (nSPS) is 11.0. The van der Waals surface area contributed by atoms with E-state index in [9.17, 15) is 0 Å². The zero-order chi connectivity index (χ0) is 15.0. The number of anilines is 1. The maximum Gasteiger partial charge on any atom is 0.119 e. The van der Waals surface area contributed by atoms with Gasteiger partial charge in [-0.3, -0.25) is 9.36 Å². The minimum atomic E-state index is 0.680. The van der Waals surface area contributed by atoms with Crippen molar-refractivity contribution >= 4 is 5.69 Å². The average Bonchev–Trinajstić information content (AvgIpc) is 2.95. The smallest absolute Gasteiger partial charge is 0.119 e. The van der Waals surface area contributed by atoms with Gasteiger partial charge in [0.05, 0.1) is 17.9 Å². The zero-order valence-electron chi connectivity index (χ0n) is 12.5. The first-order chi connectivity index (χ1) is 10.0. The Morgan fingerprint density at radius 3 is 2.52 bits per heavy atom. The zero-order valence-corrected chi connectivity index (χ0v) is 12.5. The van der Waals surface area contributed by atoms with Gasteiger partial charge >= 0.3 is 0 Å².